The summed E-state index contributed by atoms with van der Waals surface area (Å²) in [5.74, 6) is -0.181. The zero-order valence-corrected chi connectivity index (χ0v) is 19.0. The normalized spacial score (nSPS) is 11.6. The lowest BCUT2D eigenvalue weighted by atomic mass is 10.1. The molecule has 0 aliphatic heterocycles. The smallest absolute Gasteiger partial charge is 0.310 e. The summed E-state index contributed by atoms with van der Waals surface area (Å²) >= 11 is 12.6. The van der Waals surface area contributed by atoms with Crippen molar-refractivity contribution in [3.8, 4) is 5.75 Å². The molecule has 0 N–H and O–H groups in total. The van der Waals surface area contributed by atoms with Crippen molar-refractivity contribution in [2.45, 2.75) is 39.7 Å². The maximum Gasteiger partial charge on any atom is 0.310 e. The van der Waals surface area contributed by atoms with Crippen molar-refractivity contribution in [3.63, 3.8) is 0 Å². The van der Waals surface area contributed by atoms with Gasteiger partial charge in [-0.05, 0) is 69.7 Å². The summed E-state index contributed by atoms with van der Waals surface area (Å²) in [7, 11) is 1.52. The number of carbonyl (C=O) groups excluding carboxylic acids is 2. The van der Waals surface area contributed by atoms with Crippen LogP contribution in [0.2, 0.25) is 10.0 Å². The SMILES string of the molecule is COc1ccc2c(c1Cl)c(CC(=O)OC(C)(C)C)c(C)n2C(=O)c1ccc(Cl)cc1. The van der Waals surface area contributed by atoms with Crippen LogP contribution in [0.1, 0.15) is 42.4 Å². The fraction of sp³-hybridized carbons (Fsp3) is 0.304. The highest BCUT2D eigenvalue weighted by Gasteiger charge is 2.26. The van der Waals surface area contributed by atoms with Crippen molar-refractivity contribution in [3.05, 3.63) is 63.3 Å². The highest BCUT2D eigenvalue weighted by atomic mass is 35.5. The molecule has 158 valence electrons. The van der Waals surface area contributed by atoms with E-state index in [-0.39, 0.29) is 12.3 Å². The first-order valence-corrected chi connectivity index (χ1v) is 10.2. The van der Waals surface area contributed by atoms with Gasteiger partial charge in [0, 0.05) is 21.7 Å². The van der Waals surface area contributed by atoms with Gasteiger partial charge in [-0.2, -0.15) is 0 Å². The topological polar surface area (TPSA) is 57.5 Å². The molecule has 0 spiro atoms. The lowest BCUT2D eigenvalue weighted by molar-refractivity contribution is -0.153. The number of rotatable bonds is 4. The van der Waals surface area contributed by atoms with Crippen LogP contribution < -0.4 is 4.74 Å². The first-order valence-electron chi connectivity index (χ1n) is 9.42. The van der Waals surface area contributed by atoms with Crippen molar-refractivity contribution >= 4 is 46.0 Å². The van der Waals surface area contributed by atoms with Crippen molar-refractivity contribution in [1.82, 2.24) is 4.57 Å². The van der Waals surface area contributed by atoms with Crippen molar-refractivity contribution < 1.29 is 19.1 Å². The molecule has 0 aliphatic rings. The largest absolute Gasteiger partial charge is 0.495 e. The molecule has 3 aromatic rings. The Morgan fingerprint density at radius 3 is 2.23 bits per heavy atom. The fourth-order valence-corrected chi connectivity index (χ4v) is 3.87. The molecule has 7 heteroatoms. The molecule has 0 fully saturated rings. The number of fused-ring (bicyclic) bond motifs is 1. The van der Waals surface area contributed by atoms with Crippen molar-refractivity contribution in [1.29, 1.82) is 0 Å². The lowest BCUT2D eigenvalue weighted by Crippen LogP contribution is -2.25. The highest BCUT2D eigenvalue weighted by Crippen LogP contribution is 2.38. The van der Waals surface area contributed by atoms with E-state index in [0.29, 0.717) is 43.5 Å². The molecule has 0 bridgehead atoms. The van der Waals surface area contributed by atoms with Crippen LogP contribution in [0, 0.1) is 6.92 Å². The molecule has 0 aliphatic carbocycles. The number of methoxy groups -OCH3 is 1. The number of halogens is 2. The molecule has 5 nitrogen and oxygen atoms in total. The summed E-state index contributed by atoms with van der Waals surface area (Å²) in [5, 5.41) is 1.49. The molecule has 0 unspecified atom stereocenters. The first-order chi connectivity index (χ1) is 14.0. The van der Waals surface area contributed by atoms with E-state index in [0.717, 1.165) is 0 Å². The monoisotopic (exact) mass is 447 g/mol. The minimum Gasteiger partial charge on any atom is -0.495 e. The molecule has 1 aromatic heterocycles. The Bertz CT molecular complexity index is 1130. The summed E-state index contributed by atoms with van der Waals surface area (Å²) in [4.78, 5) is 25.9. The Morgan fingerprint density at radius 1 is 1.03 bits per heavy atom. The van der Waals surface area contributed by atoms with Crippen LogP contribution in [0.25, 0.3) is 10.9 Å². The Kier molecular flexibility index (Phi) is 6.16. The van der Waals surface area contributed by atoms with Gasteiger partial charge in [0.15, 0.2) is 0 Å². The molecule has 2 aromatic carbocycles. The van der Waals surface area contributed by atoms with Gasteiger partial charge in [0.2, 0.25) is 0 Å². The number of ether oxygens (including phenoxy) is 2. The minimum absolute atomic E-state index is 0.0204. The third-order valence-electron chi connectivity index (χ3n) is 4.65. The van der Waals surface area contributed by atoms with Gasteiger partial charge in [-0.3, -0.25) is 14.2 Å². The van der Waals surface area contributed by atoms with Crippen LogP contribution in [0.5, 0.6) is 5.75 Å². The molecule has 1 heterocycles. The van der Waals surface area contributed by atoms with Crippen molar-refractivity contribution in [2.75, 3.05) is 7.11 Å². The number of hydrogen-bond acceptors (Lipinski definition) is 4. The van der Waals surface area contributed by atoms with Crippen LogP contribution in [-0.4, -0.2) is 29.2 Å². The van der Waals surface area contributed by atoms with Crippen LogP contribution in [0.4, 0.5) is 0 Å². The molecule has 3 rings (SSSR count). The molecule has 30 heavy (non-hydrogen) atoms. The van der Waals surface area contributed by atoms with Gasteiger partial charge < -0.3 is 9.47 Å². The van der Waals surface area contributed by atoms with E-state index >= 15 is 0 Å². The quantitative estimate of drug-likeness (QED) is 0.471. The number of benzene rings is 2. The summed E-state index contributed by atoms with van der Waals surface area (Å²) in [6, 6.07) is 10.1. The Hall–Kier alpha value is -2.50. The fourth-order valence-electron chi connectivity index (χ4n) is 3.40. The first kappa shape index (κ1) is 22.2. The molecular weight excluding hydrogens is 425 g/mol. The number of carbonyl (C=O) groups is 2. The van der Waals surface area contributed by atoms with Gasteiger partial charge in [0.1, 0.15) is 11.4 Å². The molecule has 0 radical (unpaired) electrons. The van der Waals surface area contributed by atoms with E-state index in [4.69, 9.17) is 32.7 Å². The van der Waals surface area contributed by atoms with Crippen LogP contribution >= 0.6 is 23.2 Å². The maximum atomic E-state index is 13.3. The van der Waals surface area contributed by atoms with E-state index < -0.39 is 11.6 Å². The zero-order chi connectivity index (χ0) is 22.2. The third-order valence-corrected chi connectivity index (χ3v) is 5.28. The Balaban J connectivity index is 2.20. The summed E-state index contributed by atoms with van der Waals surface area (Å²) in [5.41, 5.74) is 1.69. The number of esters is 1. The zero-order valence-electron chi connectivity index (χ0n) is 17.5. The standard InChI is InChI=1S/C23H23Cl2NO4/c1-13-16(12-19(27)30-23(2,3)4)20-17(10-11-18(29-5)21(20)25)26(13)22(28)14-6-8-15(24)9-7-14/h6-11H,12H2,1-5H3. The van der Waals surface area contributed by atoms with E-state index in [2.05, 4.69) is 0 Å². The molecule has 0 atom stereocenters. The van der Waals surface area contributed by atoms with Gasteiger partial charge >= 0.3 is 5.97 Å². The highest BCUT2D eigenvalue weighted by molar-refractivity contribution is 6.37. The second-order valence-corrected chi connectivity index (χ2v) is 8.76. The average molecular weight is 448 g/mol. The number of nitrogens with zero attached hydrogens (tertiary/aromatic N) is 1. The van der Waals surface area contributed by atoms with E-state index in [9.17, 15) is 9.59 Å². The molecular formula is C23H23Cl2NO4. The second-order valence-electron chi connectivity index (χ2n) is 7.95. The van der Waals surface area contributed by atoms with E-state index in [1.54, 1.807) is 68.7 Å². The number of aromatic nitrogens is 1. The minimum atomic E-state index is -0.621. The number of hydrogen-bond donors (Lipinski definition) is 0. The summed E-state index contributed by atoms with van der Waals surface area (Å²) < 4.78 is 12.4. The van der Waals surface area contributed by atoms with Gasteiger partial charge in [0.05, 0.1) is 24.1 Å². The van der Waals surface area contributed by atoms with Crippen molar-refractivity contribution in [2.24, 2.45) is 0 Å². The summed E-state index contributed by atoms with van der Waals surface area (Å²) in [6.45, 7) is 7.21. The third kappa shape index (κ3) is 4.32. The Labute approximate surface area is 185 Å². The van der Waals surface area contributed by atoms with Crippen LogP contribution in [0.15, 0.2) is 36.4 Å². The Morgan fingerprint density at radius 2 is 1.67 bits per heavy atom. The van der Waals surface area contributed by atoms with E-state index in [1.165, 1.54) is 7.11 Å². The summed E-state index contributed by atoms with van der Waals surface area (Å²) in [6.07, 6.45) is -0.0204. The van der Waals surface area contributed by atoms with Gasteiger partial charge in [-0.15, -0.1) is 0 Å². The van der Waals surface area contributed by atoms with Gasteiger partial charge in [-0.25, -0.2) is 0 Å². The predicted octanol–water partition coefficient (Wildman–Crippen LogP) is 5.84. The van der Waals surface area contributed by atoms with Crippen LogP contribution in [0.3, 0.4) is 0 Å². The lowest BCUT2D eigenvalue weighted by Gasteiger charge is -2.19. The predicted molar refractivity (Wildman–Crippen MR) is 119 cm³/mol. The second kappa shape index (κ2) is 8.32. The molecule has 0 saturated heterocycles. The van der Waals surface area contributed by atoms with Gasteiger partial charge in [0.25, 0.3) is 5.91 Å². The van der Waals surface area contributed by atoms with Gasteiger partial charge in [-0.1, -0.05) is 23.2 Å². The van der Waals surface area contributed by atoms with Crippen LogP contribution in [-0.2, 0) is 16.0 Å². The molecule has 0 amide bonds. The average Bonchev–Trinajstić information content (AvgIpc) is 2.93. The van der Waals surface area contributed by atoms with E-state index in [1.807, 2.05) is 0 Å². The molecule has 0 saturated carbocycles. The maximum absolute atomic E-state index is 13.3.